The van der Waals surface area contributed by atoms with E-state index in [0.717, 1.165) is 5.56 Å². The molecule has 3 heterocycles. The molecule has 0 radical (unpaired) electrons. The van der Waals surface area contributed by atoms with E-state index < -0.39 is 24.8 Å². The van der Waals surface area contributed by atoms with E-state index in [2.05, 4.69) is 25.8 Å². The monoisotopic (exact) mass is 354 g/mol. The third kappa shape index (κ3) is 4.69. The Labute approximate surface area is 141 Å². The second-order valence-corrected chi connectivity index (χ2v) is 5.88. The molecule has 0 aromatic carbocycles. The third-order valence-electron chi connectivity index (χ3n) is 3.98. The minimum Gasteiger partial charge on any atom is -0.333 e. The Hall–Kier alpha value is -2.62. The van der Waals surface area contributed by atoms with E-state index in [0.29, 0.717) is 5.82 Å². The van der Waals surface area contributed by atoms with E-state index in [1.54, 1.807) is 30.6 Å². The van der Waals surface area contributed by atoms with Gasteiger partial charge in [0.2, 0.25) is 0 Å². The first-order chi connectivity index (χ1) is 11.9. The number of amides is 2. The number of rotatable bonds is 4. The molecule has 0 spiro atoms. The molecule has 0 bridgehead atoms. The van der Waals surface area contributed by atoms with Gasteiger partial charge in [0, 0.05) is 37.5 Å². The zero-order valence-electron chi connectivity index (χ0n) is 13.1. The first-order valence-electron chi connectivity index (χ1n) is 7.66. The Kier molecular flexibility index (Phi) is 4.88. The number of urea groups is 1. The largest absolute Gasteiger partial charge is 0.401 e. The summed E-state index contributed by atoms with van der Waals surface area (Å²) < 4.78 is 38.1. The van der Waals surface area contributed by atoms with Crippen LogP contribution in [0.2, 0.25) is 0 Å². The lowest BCUT2D eigenvalue weighted by Crippen LogP contribution is -2.42. The number of aromatic nitrogens is 3. The summed E-state index contributed by atoms with van der Waals surface area (Å²) in [6, 6.07) is 4.13. The maximum atomic E-state index is 12.7. The van der Waals surface area contributed by atoms with E-state index in [9.17, 15) is 18.0 Å². The summed E-state index contributed by atoms with van der Waals surface area (Å²) in [5.41, 5.74) is 0.791. The molecule has 0 saturated carbocycles. The fourth-order valence-electron chi connectivity index (χ4n) is 3.00. The maximum Gasteiger partial charge on any atom is 0.401 e. The standard InChI is InChI=1S/C15H17F3N6O/c16-15(17,18)9-24-7-11(10-2-1-4-19-6-10)12(8-24)21-14(25)22-13-3-5-20-23-13/h1-6,11-12H,7-9H2,(H3,20,21,22,23,25)/t11-,12+/m0/s1. The predicted octanol–water partition coefficient (Wildman–Crippen LogP) is 1.96. The summed E-state index contributed by atoms with van der Waals surface area (Å²) in [6.07, 6.45) is 0.407. The van der Waals surface area contributed by atoms with Gasteiger partial charge in [0.15, 0.2) is 0 Å². The van der Waals surface area contributed by atoms with Gasteiger partial charge in [-0.25, -0.2) is 4.79 Å². The summed E-state index contributed by atoms with van der Waals surface area (Å²) in [7, 11) is 0. The van der Waals surface area contributed by atoms with Crippen molar-refractivity contribution in [1.82, 2.24) is 25.4 Å². The van der Waals surface area contributed by atoms with Gasteiger partial charge in [-0.1, -0.05) is 6.07 Å². The van der Waals surface area contributed by atoms with Crippen LogP contribution in [0.5, 0.6) is 0 Å². The Balaban J connectivity index is 1.70. The average molecular weight is 354 g/mol. The summed E-state index contributed by atoms with van der Waals surface area (Å²) >= 11 is 0. The number of H-pyrrole nitrogens is 1. The lowest BCUT2D eigenvalue weighted by atomic mass is 9.96. The molecule has 25 heavy (non-hydrogen) atoms. The first kappa shape index (κ1) is 17.2. The number of pyridine rings is 1. The molecule has 3 N–H and O–H groups in total. The molecule has 10 heteroatoms. The number of hydrogen-bond donors (Lipinski definition) is 3. The van der Waals surface area contributed by atoms with Gasteiger partial charge in [-0.2, -0.15) is 18.3 Å². The van der Waals surface area contributed by atoms with Crippen LogP contribution in [-0.2, 0) is 0 Å². The highest BCUT2D eigenvalue weighted by Crippen LogP contribution is 2.29. The number of carbonyl (C=O) groups excluding carboxylic acids is 1. The summed E-state index contributed by atoms with van der Waals surface area (Å²) in [5, 5.41) is 11.6. The number of likely N-dealkylation sites (tertiary alicyclic amines) is 1. The summed E-state index contributed by atoms with van der Waals surface area (Å²) in [4.78, 5) is 17.4. The number of alkyl halides is 3. The number of halogens is 3. The number of carbonyl (C=O) groups is 1. The topological polar surface area (TPSA) is 85.9 Å². The molecule has 2 amide bonds. The predicted molar refractivity (Wildman–Crippen MR) is 84.0 cm³/mol. The van der Waals surface area contributed by atoms with Crippen LogP contribution in [0.15, 0.2) is 36.8 Å². The van der Waals surface area contributed by atoms with E-state index in [-0.39, 0.29) is 19.0 Å². The molecule has 0 unspecified atom stereocenters. The van der Waals surface area contributed by atoms with Gasteiger partial charge >= 0.3 is 12.2 Å². The molecular formula is C15H17F3N6O. The van der Waals surface area contributed by atoms with Gasteiger partial charge in [-0.15, -0.1) is 0 Å². The van der Waals surface area contributed by atoms with Crippen molar-refractivity contribution in [3.05, 3.63) is 42.4 Å². The fraction of sp³-hybridized carbons (Fsp3) is 0.400. The van der Waals surface area contributed by atoms with Crippen LogP contribution in [0.25, 0.3) is 0 Å². The number of hydrogen-bond acceptors (Lipinski definition) is 4. The Morgan fingerprint density at radius 2 is 2.16 bits per heavy atom. The molecule has 2 aromatic heterocycles. The molecule has 0 aliphatic carbocycles. The van der Waals surface area contributed by atoms with Gasteiger partial charge in [-0.3, -0.25) is 20.3 Å². The Morgan fingerprint density at radius 3 is 2.80 bits per heavy atom. The Morgan fingerprint density at radius 1 is 1.32 bits per heavy atom. The Bertz CT molecular complexity index is 691. The molecule has 1 aliphatic rings. The zero-order chi connectivity index (χ0) is 17.9. The molecule has 7 nitrogen and oxygen atoms in total. The van der Waals surface area contributed by atoms with Gasteiger partial charge in [0.1, 0.15) is 5.82 Å². The maximum absolute atomic E-state index is 12.7. The number of nitrogens with zero attached hydrogens (tertiary/aromatic N) is 3. The average Bonchev–Trinajstić information content (AvgIpc) is 3.16. The van der Waals surface area contributed by atoms with Gasteiger partial charge in [-0.05, 0) is 11.6 Å². The molecule has 134 valence electrons. The van der Waals surface area contributed by atoms with Crippen LogP contribution in [0.1, 0.15) is 11.5 Å². The van der Waals surface area contributed by atoms with E-state index >= 15 is 0 Å². The normalized spacial score (nSPS) is 21.2. The van der Waals surface area contributed by atoms with Crippen molar-refractivity contribution in [2.24, 2.45) is 0 Å². The lowest BCUT2D eigenvalue weighted by Gasteiger charge is -2.20. The highest BCUT2D eigenvalue weighted by Gasteiger charge is 2.40. The smallest absolute Gasteiger partial charge is 0.333 e. The second-order valence-electron chi connectivity index (χ2n) is 5.88. The van der Waals surface area contributed by atoms with Crippen LogP contribution in [0.4, 0.5) is 23.8 Å². The summed E-state index contributed by atoms with van der Waals surface area (Å²) in [6.45, 7) is -0.709. The molecular weight excluding hydrogens is 337 g/mol. The van der Waals surface area contributed by atoms with Crippen molar-refractivity contribution in [2.75, 3.05) is 25.0 Å². The van der Waals surface area contributed by atoms with E-state index in [1.807, 2.05) is 0 Å². The van der Waals surface area contributed by atoms with Crippen molar-refractivity contribution in [1.29, 1.82) is 0 Å². The van der Waals surface area contributed by atoms with Crippen LogP contribution >= 0.6 is 0 Å². The van der Waals surface area contributed by atoms with Gasteiger partial charge in [0.25, 0.3) is 0 Å². The highest BCUT2D eigenvalue weighted by molar-refractivity contribution is 5.88. The molecule has 1 saturated heterocycles. The third-order valence-corrected chi connectivity index (χ3v) is 3.98. The van der Waals surface area contributed by atoms with E-state index in [4.69, 9.17) is 0 Å². The van der Waals surface area contributed by atoms with Crippen molar-refractivity contribution in [2.45, 2.75) is 18.1 Å². The molecule has 2 atom stereocenters. The van der Waals surface area contributed by atoms with Crippen molar-refractivity contribution in [3.63, 3.8) is 0 Å². The summed E-state index contributed by atoms with van der Waals surface area (Å²) in [5.74, 6) is 0.129. The van der Waals surface area contributed by atoms with E-state index in [1.165, 1.54) is 11.1 Å². The highest BCUT2D eigenvalue weighted by atomic mass is 19.4. The molecule has 1 fully saturated rings. The zero-order valence-corrected chi connectivity index (χ0v) is 13.1. The molecule has 3 rings (SSSR count). The van der Waals surface area contributed by atoms with Crippen LogP contribution in [-0.4, -0.2) is 58.0 Å². The quantitative estimate of drug-likeness (QED) is 0.783. The van der Waals surface area contributed by atoms with Gasteiger partial charge in [0.05, 0.1) is 18.8 Å². The van der Waals surface area contributed by atoms with Crippen molar-refractivity contribution in [3.8, 4) is 0 Å². The fourth-order valence-corrected chi connectivity index (χ4v) is 3.00. The molecule has 1 aliphatic heterocycles. The van der Waals surface area contributed by atoms with Crippen molar-refractivity contribution >= 4 is 11.8 Å². The minimum absolute atomic E-state index is 0.107. The SMILES string of the molecule is O=C(Nc1ccn[nH]1)N[C@@H]1CN(CC(F)(F)F)C[C@H]1c1cccnc1. The molecule has 2 aromatic rings. The first-order valence-corrected chi connectivity index (χ1v) is 7.66. The van der Waals surface area contributed by atoms with Crippen LogP contribution < -0.4 is 10.6 Å². The van der Waals surface area contributed by atoms with Gasteiger partial charge < -0.3 is 5.32 Å². The number of aromatic amines is 1. The van der Waals surface area contributed by atoms with Crippen LogP contribution in [0.3, 0.4) is 0 Å². The minimum atomic E-state index is -4.29. The number of anilines is 1. The number of nitrogens with one attached hydrogen (secondary N) is 3. The second kappa shape index (κ2) is 7.09. The lowest BCUT2D eigenvalue weighted by molar-refractivity contribution is -0.143. The van der Waals surface area contributed by atoms with Crippen molar-refractivity contribution < 1.29 is 18.0 Å². The van der Waals surface area contributed by atoms with Crippen LogP contribution in [0, 0.1) is 0 Å².